The number of piperidine rings is 1. The van der Waals surface area contributed by atoms with Crippen LogP contribution in [0.15, 0.2) is 103 Å². The van der Waals surface area contributed by atoms with Crippen molar-refractivity contribution in [3.05, 3.63) is 130 Å². The first kappa shape index (κ1) is 42.4. The van der Waals surface area contributed by atoms with Crippen molar-refractivity contribution in [3.8, 4) is 11.1 Å². The van der Waals surface area contributed by atoms with Crippen molar-refractivity contribution in [3.63, 3.8) is 0 Å². The fourth-order valence-electron chi connectivity index (χ4n) is 9.06. The summed E-state index contributed by atoms with van der Waals surface area (Å²) in [5.41, 5.74) is 3.86. The third-order valence-electron chi connectivity index (χ3n) is 11.9. The Morgan fingerprint density at radius 3 is 2.15 bits per heavy atom. The quantitative estimate of drug-likeness (QED) is 0.137. The van der Waals surface area contributed by atoms with Crippen molar-refractivity contribution >= 4 is 41.4 Å². The zero-order chi connectivity index (χ0) is 42.6. The molecule has 4 atom stereocenters. The Morgan fingerprint density at radius 1 is 0.867 bits per heavy atom. The number of halogens is 1. The van der Waals surface area contributed by atoms with Gasteiger partial charge in [-0.05, 0) is 92.0 Å². The molecule has 0 saturated carbocycles. The van der Waals surface area contributed by atoms with Crippen molar-refractivity contribution < 1.29 is 38.6 Å². The predicted molar refractivity (Wildman–Crippen MR) is 226 cm³/mol. The lowest BCUT2D eigenvalue weighted by Gasteiger charge is -2.45. The second-order valence-electron chi connectivity index (χ2n) is 16.6. The van der Waals surface area contributed by atoms with Crippen LogP contribution in [-0.4, -0.2) is 94.3 Å². The van der Waals surface area contributed by atoms with Crippen LogP contribution in [-0.2, 0) is 41.5 Å². The van der Waals surface area contributed by atoms with E-state index in [1.54, 1.807) is 37.8 Å². The Hall–Kier alpha value is -5.72. The van der Waals surface area contributed by atoms with E-state index < -0.39 is 53.1 Å². The topological polar surface area (TPSA) is 155 Å². The highest BCUT2D eigenvalue weighted by Crippen LogP contribution is 2.44. The van der Waals surface area contributed by atoms with Crippen LogP contribution in [0.25, 0.3) is 11.1 Å². The Labute approximate surface area is 355 Å². The van der Waals surface area contributed by atoms with Gasteiger partial charge in [-0.15, -0.1) is 0 Å². The largest absolute Gasteiger partial charge is 0.481 e. The van der Waals surface area contributed by atoms with E-state index in [1.165, 1.54) is 4.90 Å². The summed E-state index contributed by atoms with van der Waals surface area (Å²) in [4.78, 5) is 71.2. The maximum atomic E-state index is 14.6. The van der Waals surface area contributed by atoms with Gasteiger partial charge in [-0.25, -0.2) is 4.79 Å². The van der Waals surface area contributed by atoms with Gasteiger partial charge >= 0.3 is 12.1 Å². The highest BCUT2D eigenvalue weighted by molar-refractivity contribution is 6.30. The SMILES string of the molecule is C[C@H](NC(=O)OCC1c2ccccc2-c2ccccc21)C(=O)N1[C@H](C(=O)N[C@@]2(Cc3ccc(Cl)cc3)CCCN(C(=O)C(CC(=O)O)Cc3ccccc3)C2)COC1(C)C. The molecule has 4 aromatic carbocycles. The molecule has 1 aliphatic carbocycles. The third kappa shape index (κ3) is 9.35. The van der Waals surface area contributed by atoms with Crippen LogP contribution in [0.1, 0.15) is 68.2 Å². The van der Waals surface area contributed by atoms with Gasteiger partial charge in [0, 0.05) is 24.0 Å². The number of carboxylic acid groups (broad SMARTS) is 1. The molecule has 4 amide bonds. The highest BCUT2D eigenvalue weighted by atomic mass is 35.5. The van der Waals surface area contributed by atoms with E-state index in [9.17, 15) is 29.1 Å². The molecule has 0 radical (unpaired) electrons. The lowest BCUT2D eigenvalue weighted by atomic mass is 9.81. The number of amides is 4. The van der Waals surface area contributed by atoms with E-state index >= 15 is 0 Å². The average Bonchev–Trinajstić information content (AvgIpc) is 3.73. The Bertz CT molecular complexity index is 2190. The van der Waals surface area contributed by atoms with Gasteiger partial charge in [0.1, 0.15) is 24.4 Å². The normalized spacial score (nSPS) is 20.4. The van der Waals surface area contributed by atoms with Gasteiger partial charge in [-0.2, -0.15) is 0 Å². The first-order valence-electron chi connectivity index (χ1n) is 20.4. The van der Waals surface area contributed by atoms with Crippen LogP contribution in [0, 0.1) is 5.92 Å². The zero-order valence-electron chi connectivity index (χ0n) is 34.1. The van der Waals surface area contributed by atoms with Crippen molar-refractivity contribution in [1.29, 1.82) is 0 Å². The fraction of sp³-hybridized carbons (Fsp3) is 0.383. The Kier molecular flexibility index (Phi) is 12.6. The number of carbonyl (C=O) groups is 5. The monoisotopic (exact) mass is 834 g/mol. The molecular weight excluding hydrogens is 784 g/mol. The van der Waals surface area contributed by atoms with Crippen LogP contribution in [0.3, 0.4) is 0 Å². The summed E-state index contributed by atoms with van der Waals surface area (Å²) >= 11 is 6.22. The summed E-state index contributed by atoms with van der Waals surface area (Å²) < 4.78 is 11.8. The maximum Gasteiger partial charge on any atom is 0.407 e. The molecule has 1 unspecified atom stereocenters. The van der Waals surface area contributed by atoms with Crippen molar-refractivity contribution in [2.24, 2.45) is 5.92 Å². The molecule has 3 aliphatic rings. The molecule has 0 spiro atoms. The molecule has 3 N–H and O–H groups in total. The molecule has 12 nitrogen and oxygen atoms in total. The van der Waals surface area contributed by atoms with Gasteiger partial charge in [-0.1, -0.05) is 103 Å². The molecule has 7 rings (SSSR count). The van der Waals surface area contributed by atoms with Crippen molar-refractivity contribution in [1.82, 2.24) is 20.4 Å². The van der Waals surface area contributed by atoms with Gasteiger partial charge in [0.05, 0.1) is 24.5 Å². The van der Waals surface area contributed by atoms with Gasteiger partial charge in [0.2, 0.25) is 17.7 Å². The third-order valence-corrected chi connectivity index (χ3v) is 12.2. The number of likely N-dealkylation sites (tertiary alicyclic amines) is 1. The molecule has 60 heavy (non-hydrogen) atoms. The number of nitrogens with one attached hydrogen (secondary N) is 2. The minimum Gasteiger partial charge on any atom is -0.481 e. The average molecular weight is 835 g/mol. The van der Waals surface area contributed by atoms with Gasteiger partial charge in [0.25, 0.3) is 0 Å². The van der Waals surface area contributed by atoms with Gasteiger partial charge < -0.3 is 30.1 Å². The molecule has 0 aromatic heterocycles. The van der Waals surface area contributed by atoms with Gasteiger partial charge in [-0.3, -0.25) is 24.1 Å². The molecular formula is C47H51ClN4O8. The maximum absolute atomic E-state index is 14.6. The fourth-order valence-corrected chi connectivity index (χ4v) is 9.19. The minimum atomic E-state index is -1.20. The van der Waals surface area contributed by atoms with E-state index in [1.807, 2.05) is 78.9 Å². The van der Waals surface area contributed by atoms with E-state index in [4.69, 9.17) is 21.1 Å². The van der Waals surface area contributed by atoms with E-state index in [0.717, 1.165) is 33.4 Å². The lowest BCUT2D eigenvalue weighted by Crippen LogP contribution is -2.65. The number of carboxylic acids is 1. The van der Waals surface area contributed by atoms with Gasteiger partial charge in [0.15, 0.2) is 0 Å². The molecule has 13 heteroatoms. The molecule has 314 valence electrons. The van der Waals surface area contributed by atoms with Crippen LogP contribution in [0.4, 0.5) is 4.79 Å². The van der Waals surface area contributed by atoms with Crippen molar-refractivity contribution in [2.75, 3.05) is 26.3 Å². The number of fused-ring (bicyclic) bond motifs is 3. The molecule has 2 saturated heterocycles. The Morgan fingerprint density at radius 2 is 1.50 bits per heavy atom. The number of nitrogens with zero attached hydrogens (tertiary/aromatic N) is 2. The number of hydrogen-bond donors (Lipinski definition) is 3. The van der Waals surface area contributed by atoms with Crippen LogP contribution in [0.2, 0.25) is 5.02 Å². The van der Waals surface area contributed by atoms with E-state index in [2.05, 4.69) is 22.8 Å². The molecule has 2 heterocycles. The van der Waals surface area contributed by atoms with E-state index in [-0.39, 0.29) is 44.4 Å². The first-order chi connectivity index (χ1) is 28.7. The summed E-state index contributed by atoms with van der Waals surface area (Å²) in [6.07, 6.45) is 0.548. The number of ether oxygens (including phenoxy) is 2. The second-order valence-corrected chi connectivity index (χ2v) is 17.0. The summed E-state index contributed by atoms with van der Waals surface area (Å²) in [5.74, 6) is -3.35. The molecule has 4 aromatic rings. The van der Waals surface area contributed by atoms with Crippen LogP contribution < -0.4 is 10.6 Å². The first-order valence-corrected chi connectivity index (χ1v) is 20.8. The number of carbonyl (C=O) groups excluding carboxylic acids is 4. The smallest absolute Gasteiger partial charge is 0.407 e. The minimum absolute atomic E-state index is 0.0721. The predicted octanol–water partition coefficient (Wildman–Crippen LogP) is 6.58. The Balaban J connectivity index is 1.06. The molecule has 2 fully saturated rings. The number of benzene rings is 4. The standard InChI is InChI=1S/C47H51ClN4O8/c1-30(49-45(58)59-27-39-37-16-9-7-14-35(37)36-15-8-10-17-38(36)39)43(56)52-40(28-60-46(52,2)3)42(55)50-47(26-32-18-20-34(48)21-19-32)22-11-23-51(29-47)44(57)33(25-41(53)54)24-31-12-5-4-6-13-31/h4-10,12-21,30,33,39-40H,11,22-29H2,1-3H3,(H,49,58)(H,50,55)(H,53,54)/t30-,33?,40-,47+/m0/s1. The van der Waals surface area contributed by atoms with Crippen LogP contribution in [0.5, 0.6) is 0 Å². The summed E-state index contributed by atoms with van der Waals surface area (Å²) in [7, 11) is 0. The lowest BCUT2D eigenvalue weighted by molar-refractivity contribution is -0.152. The number of hydrogen-bond acceptors (Lipinski definition) is 7. The molecule has 0 bridgehead atoms. The second kappa shape index (κ2) is 17.9. The number of alkyl carbamates (subject to hydrolysis) is 1. The molecule has 2 aliphatic heterocycles. The number of rotatable bonds is 13. The number of aliphatic carboxylic acids is 1. The van der Waals surface area contributed by atoms with E-state index in [0.29, 0.717) is 30.8 Å². The summed E-state index contributed by atoms with van der Waals surface area (Å²) in [6, 6.07) is 30.5. The van der Waals surface area contributed by atoms with Crippen LogP contribution >= 0.6 is 11.6 Å². The highest BCUT2D eigenvalue weighted by Gasteiger charge is 2.50. The zero-order valence-corrected chi connectivity index (χ0v) is 34.8. The summed E-state index contributed by atoms with van der Waals surface area (Å²) in [6.45, 7) is 5.42. The summed E-state index contributed by atoms with van der Waals surface area (Å²) in [5, 5.41) is 16.3. The van der Waals surface area contributed by atoms with Crippen molar-refractivity contribution in [2.45, 2.75) is 82.1 Å².